The van der Waals surface area contributed by atoms with Crippen LogP contribution in [0, 0.1) is 12.1 Å². The van der Waals surface area contributed by atoms with E-state index in [0.29, 0.717) is 5.92 Å². The third kappa shape index (κ3) is 5.34. The molecule has 0 amide bonds. The molecule has 1 aliphatic rings. The number of fused-ring (bicyclic) bond motifs is 5. The van der Waals surface area contributed by atoms with E-state index in [1.165, 1.54) is 68.8 Å². The van der Waals surface area contributed by atoms with Gasteiger partial charge in [-0.05, 0) is 89.6 Å². The topological polar surface area (TPSA) is 37.6 Å². The van der Waals surface area contributed by atoms with Gasteiger partial charge in [-0.15, -0.1) is 59.2 Å². The van der Waals surface area contributed by atoms with Crippen molar-refractivity contribution in [3.05, 3.63) is 139 Å². The standard InChI is InChI=1S/C26H15N2S.C18H16N.Ir/c1-14-26(28-13-27-14)18-8-9-19-21(12-18)29-22-11-17-6-5-15-3-2-4-16-7-10-20(25(19)22)24(17)23(15)16;1-13(2)15-7-5-8-16(12-15)18-17-9-4-3-6-14(17)10-11-19-18;/h2-7,9-14H,1H3;3-7,9-13H,1-2H3;/q2*-1;. The maximum Gasteiger partial charge on any atom is 0.0991 e. The Bertz CT molecular complexity index is 2720. The smallest absolute Gasteiger partial charge is 0.0991 e. The minimum atomic E-state index is 0. The molecule has 2 aromatic heterocycles. The van der Waals surface area contributed by atoms with Crippen LogP contribution in [0.15, 0.2) is 125 Å². The third-order valence-electron chi connectivity index (χ3n) is 9.59. The Balaban J connectivity index is 0.000000152. The van der Waals surface area contributed by atoms with Crippen molar-refractivity contribution in [1.29, 1.82) is 0 Å². The van der Waals surface area contributed by atoms with Gasteiger partial charge in [-0.3, -0.25) is 9.98 Å². The van der Waals surface area contributed by atoms with Crippen LogP contribution in [0.5, 0.6) is 0 Å². The molecule has 0 aliphatic carbocycles. The minimum Gasteiger partial charge on any atom is -0.304 e. The van der Waals surface area contributed by atoms with Gasteiger partial charge >= 0.3 is 0 Å². The Kier molecular flexibility index (Phi) is 8.08. The van der Waals surface area contributed by atoms with Gasteiger partial charge < -0.3 is 4.98 Å². The van der Waals surface area contributed by atoms with Gasteiger partial charge in [0.25, 0.3) is 0 Å². The van der Waals surface area contributed by atoms with E-state index in [9.17, 15) is 0 Å². The number of hydrogen-bond donors (Lipinski definition) is 0. The van der Waals surface area contributed by atoms with E-state index in [1.54, 1.807) is 6.34 Å². The minimum absolute atomic E-state index is 0. The summed E-state index contributed by atoms with van der Waals surface area (Å²) >= 11 is 1.86. The van der Waals surface area contributed by atoms with Gasteiger partial charge in [0, 0.05) is 31.0 Å². The molecular formula is C44H31IrN3S-2. The average Bonchev–Trinajstić information content (AvgIpc) is 3.73. The molecule has 5 heteroatoms. The fourth-order valence-corrected chi connectivity index (χ4v) is 8.34. The summed E-state index contributed by atoms with van der Waals surface area (Å²) in [6.45, 7) is 6.49. The monoisotopic (exact) mass is 826 g/mol. The van der Waals surface area contributed by atoms with Crippen molar-refractivity contribution in [2.45, 2.75) is 32.7 Å². The molecule has 10 rings (SSSR count). The van der Waals surface area contributed by atoms with E-state index in [-0.39, 0.29) is 26.1 Å². The molecule has 0 bridgehead atoms. The van der Waals surface area contributed by atoms with Crippen LogP contribution in [0.1, 0.15) is 37.8 Å². The van der Waals surface area contributed by atoms with Gasteiger partial charge in [0.05, 0.1) is 12.4 Å². The number of nitrogens with zero attached hydrogens (tertiary/aromatic N) is 3. The molecular weight excluding hydrogens is 795 g/mol. The molecule has 1 aliphatic heterocycles. The van der Waals surface area contributed by atoms with Gasteiger partial charge in [-0.1, -0.05) is 86.0 Å². The van der Waals surface area contributed by atoms with Crippen LogP contribution < -0.4 is 0 Å². The summed E-state index contributed by atoms with van der Waals surface area (Å²) < 4.78 is 2.61. The van der Waals surface area contributed by atoms with Gasteiger partial charge in [0.2, 0.25) is 0 Å². The summed E-state index contributed by atoms with van der Waals surface area (Å²) in [7, 11) is 0. The number of hydrogen-bond acceptors (Lipinski definition) is 4. The fourth-order valence-electron chi connectivity index (χ4n) is 7.14. The van der Waals surface area contributed by atoms with Crippen LogP contribution in [0.4, 0.5) is 0 Å². The maximum atomic E-state index is 4.55. The zero-order valence-electron chi connectivity index (χ0n) is 27.3. The van der Waals surface area contributed by atoms with Crippen LogP contribution >= 0.6 is 11.3 Å². The van der Waals surface area contributed by atoms with E-state index < -0.39 is 0 Å². The average molecular weight is 826 g/mol. The van der Waals surface area contributed by atoms with Crippen LogP contribution in [0.2, 0.25) is 0 Å². The van der Waals surface area contributed by atoms with E-state index in [2.05, 4.69) is 145 Å². The Morgan fingerprint density at radius 2 is 1.47 bits per heavy atom. The maximum absolute atomic E-state index is 4.55. The summed E-state index contributed by atoms with van der Waals surface area (Å²) in [5, 5.41) is 13.0. The number of rotatable bonds is 3. The molecule has 0 N–H and O–H groups in total. The molecule has 49 heavy (non-hydrogen) atoms. The quantitative estimate of drug-likeness (QED) is 0.129. The molecule has 3 nitrogen and oxygen atoms in total. The van der Waals surface area contributed by atoms with Crippen molar-refractivity contribution < 1.29 is 20.1 Å². The zero-order valence-corrected chi connectivity index (χ0v) is 30.5. The Morgan fingerprint density at radius 3 is 2.29 bits per heavy atom. The second kappa shape index (κ2) is 12.6. The molecule has 0 saturated carbocycles. The second-order valence-corrected chi connectivity index (χ2v) is 13.9. The zero-order chi connectivity index (χ0) is 32.4. The summed E-state index contributed by atoms with van der Waals surface area (Å²) in [4.78, 5) is 13.4. The van der Waals surface area contributed by atoms with Crippen LogP contribution in [-0.4, -0.2) is 23.1 Å². The molecule has 1 radical (unpaired) electrons. The summed E-state index contributed by atoms with van der Waals surface area (Å²) in [6, 6.07) is 46.0. The summed E-state index contributed by atoms with van der Waals surface area (Å²) in [5.74, 6) is 0.517. The molecule has 0 saturated heterocycles. The summed E-state index contributed by atoms with van der Waals surface area (Å²) in [6.07, 6.45) is 3.53. The SMILES string of the molecule is CC(C)c1cc[c-]c(-c2nccc3ccccc23)c1.CC1N=CN=C1c1[c-]cc2c(c1)sc1cc3ccc4cccc5ccc(c12)c3c45.[Ir]. The van der Waals surface area contributed by atoms with Gasteiger partial charge in [-0.25, -0.2) is 0 Å². The van der Waals surface area contributed by atoms with Gasteiger partial charge in [0.1, 0.15) is 0 Å². The molecule has 1 atom stereocenters. The van der Waals surface area contributed by atoms with Crippen LogP contribution in [0.25, 0.3) is 74.5 Å². The van der Waals surface area contributed by atoms with Crippen molar-refractivity contribution in [3.8, 4) is 11.3 Å². The molecule has 239 valence electrons. The summed E-state index contributed by atoms with van der Waals surface area (Å²) in [5.41, 5.74) is 5.47. The number of aliphatic imine (C=N–C) groups is 2. The van der Waals surface area contributed by atoms with Gasteiger partial charge in [0.15, 0.2) is 0 Å². The first-order valence-electron chi connectivity index (χ1n) is 16.4. The van der Waals surface area contributed by atoms with E-state index >= 15 is 0 Å². The normalized spacial score (nSPS) is 14.3. The van der Waals surface area contributed by atoms with Crippen LogP contribution in [0.3, 0.4) is 0 Å². The predicted molar refractivity (Wildman–Crippen MR) is 206 cm³/mol. The Hall–Kier alpha value is -4.80. The van der Waals surface area contributed by atoms with Crippen molar-refractivity contribution in [2.24, 2.45) is 9.98 Å². The van der Waals surface area contributed by atoms with Crippen molar-refractivity contribution >= 4 is 86.6 Å². The van der Waals surface area contributed by atoms with Crippen molar-refractivity contribution in [1.82, 2.24) is 4.98 Å². The first-order valence-corrected chi connectivity index (χ1v) is 17.2. The predicted octanol–water partition coefficient (Wildman–Crippen LogP) is 11.8. The van der Waals surface area contributed by atoms with E-state index in [0.717, 1.165) is 22.5 Å². The van der Waals surface area contributed by atoms with E-state index in [4.69, 9.17) is 0 Å². The fraction of sp³-hybridized carbons (Fsp3) is 0.114. The Morgan fingerprint density at radius 1 is 0.673 bits per heavy atom. The number of benzene rings is 7. The first-order chi connectivity index (χ1) is 23.5. The molecule has 1 unspecified atom stereocenters. The molecule has 0 spiro atoms. The van der Waals surface area contributed by atoms with Gasteiger partial charge in [-0.2, -0.15) is 11.3 Å². The largest absolute Gasteiger partial charge is 0.304 e. The first kappa shape index (κ1) is 31.5. The molecule has 9 aromatic rings. The van der Waals surface area contributed by atoms with Crippen molar-refractivity contribution in [2.75, 3.05) is 0 Å². The number of thiophene rings is 1. The molecule has 0 fully saturated rings. The van der Waals surface area contributed by atoms with Crippen molar-refractivity contribution in [3.63, 3.8) is 0 Å². The third-order valence-corrected chi connectivity index (χ3v) is 10.7. The Labute approximate surface area is 302 Å². The molecule has 3 heterocycles. The molecule has 7 aromatic carbocycles. The number of aromatic nitrogens is 1. The van der Waals surface area contributed by atoms with E-state index in [1.807, 2.05) is 29.7 Å². The van der Waals surface area contributed by atoms with Crippen LogP contribution in [-0.2, 0) is 20.1 Å². The number of pyridine rings is 1. The second-order valence-electron chi connectivity index (χ2n) is 12.9.